The smallest absolute Gasteiger partial charge is 0.344 e. The Bertz CT molecular complexity index is 937. The molecule has 1 aromatic heterocycles. The summed E-state index contributed by atoms with van der Waals surface area (Å²) in [6.07, 6.45) is 4.48. The monoisotopic (exact) mass is 353 g/mol. The highest BCUT2D eigenvalue weighted by atomic mass is 16.4. The number of aromatic hydroxyl groups is 1. The largest absolute Gasteiger partial charge is 0.507 e. The average Bonchev–Trinajstić information content (AvgIpc) is 2.66. The number of phenolic OH excluding ortho intramolecular Hbond substituents is 1. The minimum absolute atomic E-state index is 0.189. The van der Waals surface area contributed by atoms with Gasteiger partial charge in [0.15, 0.2) is 0 Å². The van der Waals surface area contributed by atoms with Gasteiger partial charge in [-0.3, -0.25) is 4.90 Å². The van der Waals surface area contributed by atoms with Gasteiger partial charge in [-0.2, -0.15) is 0 Å². The Morgan fingerprint density at radius 3 is 2.23 bits per heavy atom. The van der Waals surface area contributed by atoms with Gasteiger partial charge in [0.2, 0.25) is 0 Å². The van der Waals surface area contributed by atoms with Gasteiger partial charge in [-0.1, -0.05) is 44.9 Å². The maximum atomic E-state index is 12.4. The lowest BCUT2D eigenvalue weighted by Crippen LogP contribution is -2.25. The Hall–Kier alpha value is -2.33. The Labute approximate surface area is 154 Å². The van der Waals surface area contributed by atoms with Crippen LogP contribution in [0.25, 0.3) is 21.7 Å². The molecule has 26 heavy (non-hydrogen) atoms. The van der Waals surface area contributed by atoms with Gasteiger partial charge in [0, 0.05) is 11.9 Å². The van der Waals surface area contributed by atoms with E-state index in [0.29, 0.717) is 23.1 Å². The van der Waals surface area contributed by atoms with Crippen LogP contribution in [-0.2, 0) is 6.54 Å². The molecule has 0 aliphatic rings. The van der Waals surface area contributed by atoms with Crippen LogP contribution in [-0.4, -0.2) is 23.1 Å². The summed E-state index contributed by atoms with van der Waals surface area (Å²) in [6.45, 7) is 6.90. The maximum Gasteiger partial charge on any atom is 0.344 e. The van der Waals surface area contributed by atoms with Gasteiger partial charge in [0.25, 0.3) is 0 Å². The third kappa shape index (κ3) is 3.75. The van der Waals surface area contributed by atoms with E-state index in [1.54, 1.807) is 12.1 Å². The van der Waals surface area contributed by atoms with Crippen molar-refractivity contribution in [1.82, 2.24) is 4.90 Å². The Morgan fingerprint density at radius 1 is 0.923 bits per heavy atom. The first-order valence-corrected chi connectivity index (χ1v) is 9.54. The summed E-state index contributed by atoms with van der Waals surface area (Å²) in [5, 5.41) is 12.8. The van der Waals surface area contributed by atoms with Crippen molar-refractivity contribution in [3.8, 4) is 5.75 Å². The van der Waals surface area contributed by atoms with Crippen molar-refractivity contribution < 1.29 is 9.52 Å². The molecule has 3 aromatic rings. The Morgan fingerprint density at radius 2 is 1.58 bits per heavy atom. The molecule has 0 radical (unpaired) electrons. The lowest BCUT2D eigenvalue weighted by atomic mass is 10.0. The number of hydrogen-bond acceptors (Lipinski definition) is 4. The zero-order valence-electron chi connectivity index (χ0n) is 15.6. The second-order valence-electron chi connectivity index (χ2n) is 6.86. The second-order valence-corrected chi connectivity index (χ2v) is 6.86. The van der Waals surface area contributed by atoms with Crippen molar-refractivity contribution in [3.63, 3.8) is 0 Å². The molecule has 1 N–H and O–H groups in total. The van der Waals surface area contributed by atoms with Crippen molar-refractivity contribution in [1.29, 1.82) is 0 Å². The molecule has 0 saturated carbocycles. The summed E-state index contributed by atoms with van der Waals surface area (Å²) in [4.78, 5) is 14.8. The Balaban J connectivity index is 2.09. The van der Waals surface area contributed by atoms with Crippen LogP contribution in [0.5, 0.6) is 5.75 Å². The fraction of sp³-hybridized carbons (Fsp3) is 0.409. The zero-order chi connectivity index (χ0) is 18.5. The highest BCUT2D eigenvalue weighted by Crippen LogP contribution is 2.31. The zero-order valence-corrected chi connectivity index (χ0v) is 15.6. The molecule has 0 bridgehead atoms. The van der Waals surface area contributed by atoms with Crippen molar-refractivity contribution in [3.05, 3.63) is 52.4 Å². The van der Waals surface area contributed by atoms with E-state index in [4.69, 9.17) is 4.42 Å². The van der Waals surface area contributed by atoms with Crippen LogP contribution in [0.1, 0.15) is 45.1 Å². The van der Waals surface area contributed by atoms with Crippen LogP contribution < -0.4 is 5.63 Å². The topological polar surface area (TPSA) is 53.7 Å². The van der Waals surface area contributed by atoms with E-state index in [1.807, 2.05) is 24.3 Å². The number of nitrogens with zero attached hydrogens (tertiary/aromatic N) is 1. The van der Waals surface area contributed by atoms with Gasteiger partial charge >= 0.3 is 5.63 Å². The van der Waals surface area contributed by atoms with E-state index in [2.05, 4.69) is 18.7 Å². The molecular weight excluding hydrogens is 326 g/mol. The highest BCUT2D eigenvalue weighted by Gasteiger charge is 2.16. The SMILES string of the molecule is CCCCN(CCCC)Cc1c(O)ccc2c1oc(=O)c1ccccc12. The molecule has 2 aromatic carbocycles. The molecular formula is C22H27NO3. The van der Waals surface area contributed by atoms with E-state index < -0.39 is 0 Å². The summed E-state index contributed by atoms with van der Waals surface area (Å²) < 4.78 is 5.65. The molecule has 3 rings (SSSR count). The van der Waals surface area contributed by atoms with Gasteiger partial charge < -0.3 is 9.52 Å². The number of hydrogen-bond donors (Lipinski definition) is 1. The molecule has 0 amide bonds. The van der Waals surface area contributed by atoms with Crippen molar-refractivity contribution >= 4 is 21.7 Å². The summed E-state index contributed by atoms with van der Waals surface area (Å²) in [6, 6.07) is 11.0. The molecule has 1 heterocycles. The number of rotatable bonds is 8. The molecule has 0 unspecified atom stereocenters. The summed E-state index contributed by atoms with van der Waals surface area (Å²) in [7, 11) is 0. The van der Waals surface area contributed by atoms with Crippen LogP contribution in [0.4, 0.5) is 0 Å². The van der Waals surface area contributed by atoms with Crippen LogP contribution in [0.3, 0.4) is 0 Å². The van der Waals surface area contributed by atoms with Crippen LogP contribution in [0.15, 0.2) is 45.6 Å². The summed E-state index contributed by atoms with van der Waals surface area (Å²) in [5.74, 6) is 0.189. The quantitative estimate of drug-likeness (QED) is 0.454. The van der Waals surface area contributed by atoms with Gasteiger partial charge in [0.1, 0.15) is 11.3 Å². The van der Waals surface area contributed by atoms with E-state index in [1.165, 1.54) is 0 Å². The van der Waals surface area contributed by atoms with Gasteiger partial charge in [-0.25, -0.2) is 4.79 Å². The molecule has 0 aliphatic carbocycles. The second kappa shape index (κ2) is 8.37. The van der Waals surface area contributed by atoms with Gasteiger partial charge in [0.05, 0.1) is 10.9 Å². The number of unbranched alkanes of at least 4 members (excludes halogenated alkanes) is 2. The predicted octanol–water partition coefficient (Wildman–Crippen LogP) is 5.05. The van der Waals surface area contributed by atoms with Gasteiger partial charge in [-0.05, 0) is 49.5 Å². The number of fused-ring (bicyclic) bond motifs is 3. The minimum atomic E-state index is -0.353. The van der Waals surface area contributed by atoms with E-state index in [9.17, 15) is 9.90 Å². The highest BCUT2D eigenvalue weighted by molar-refractivity contribution is 6.05. The van der Waals surface area contributed by atoms with Crippen LogP contribution >= 0.6 is 0 Å². The minimum Gasteiger partial charge on any atom is -0.507 e. The number of benzene rings is 2. The van der Waals surface area contributed by atoms with Gasteiger partial charge in [-0.15, -0.1) is 0 Å². The normalized spacial score (nSPS) is 11.7. The lowest BCUT2D eigenvalue weighted by Gasteiger charge is -2.23. The molecule has 4 nitrogen and oxygen atoms in total. The third-order valence-corrected chi connectivity index (χ3v) is 4.91. The van der Waals surface area contributed by atoms with Crippen LogP contribution in [0.2, 0.25) is 0 Å². The fourth-order valence-corrected chi connectivity index (χ4v) is 3.40. The standard InChI is InChI=1S/C22H27NO3/c1-3-5-13-23(14-6-4-2)15-19-20(24)12-11-17-16-9-7-8-10-18(16)22(25)26-21(17)19/h7-12,24H,3-6,13-15H2,1-2H3. The molecule has 0 saturated heterocycles. The number of phenols is 1. The first kappa shape index (κ1) is 18.5. The first-order valence-electron chi connectivity index (χ1n) is 9.54. The third-order valence-electron chi connectivity index (χ3n) is 4.91. The van der Waals surface area contributed by atoms with Crippen molar-refractivity contribution in [2.45, 2.75) is 46.1 Å². The summed E-state index contributed by atoms with van der Waals surface area (Å²) >= 11 is 0. The van der Waals surface area contributed by atoms with E-state index in [0.717, 1.165) is 49.5 Å². The van der Waals surface area contributed by atoms with Crippen molar-refractivity contribution in [2.75, 3.05) is 13.1 Å². The maximum absolute atomic E-state index is 12.4. The Kier molecular flexibility index (Phi) is 5.94. The summed E-state index contributed by atoms with van der Waals surface area (Å²) in [5.41, 5.74) is 0.859. The average molecular weight is 353 g/mol. The first-order chi connectivity index (χ1) is 12.7. The van der Waals surface area contributed by atoms with Crippen molar-refractivity contribution in [2.24, 2.45) is 0 Å². The fourth-order valence-electron chi connectivity index (χ4n) is 3.40. The molecule has 0 atom stereocenters. The van der Waals surface area contributed by atoms with Crippen LogP contribution in [0, 0.1) is 0 Å². The van der Waals surface area contributed by atoms with E-state index >= 15 is 0 Å². The molecule has 138 valence electrons. The molecule has 0 spiro atoms. The molecule has 0 fully saturated rings. The molecule has 4 heteroatoms. The predicted molar refractivity (Wildman–Crippen MR) is 107 cm³/mol. The lowest BCUT2D eigenvalue weighted by molar-refractivity contribution is 0.253. The van der Waals surface area contributed by atoms with E-state index in [-0.39, 0.29) is 11.4 Å². The molecule has 0 aliphatic heterocycles.